The molecular formula is C16H18BrNO2. The van der Waals surface area contributed by atoms with Crippen molar-refractivity contribution >= 4 is 23.0 Å². The van der Waals surface area contributed by atoms with Crippen LogP contribution in [0.5, 0.6) is 0 Å². The molecule has 4 heteroatoms. The normalized spacial score (nSPS) is 10.7. The van der Waals surface area contributed by atoms with Crippen molar-refractivity contribution < 1.29 is 9.90 Å². The van der Waals surface area contributed by atoms with E-state index in [9.17, 15) is 9.90 Å². The van der Waals surface area contributed by atoms with E-state index in [1.807, 2.05) is 60.7 Å². The molecule has 0 aromatic heterocycles. The van der Waals surface area contributed by atoms with E-state index >= 15 is 0 Å². The predicted octanol–water partition coefficient (Wildman–Crippen LogP) is 2.83. The monoisotopic (exact) mass is 335 g/mol. The molecule has 0 aliphatic carbocycles. The number of carbonyl (C=O) groups is 1. The molecule has 0 saturated carbocycles. The van der Waals surface area contributed by atoms with Crippen LogP contribution in [0.4, 0.5) is 0 Å². The van der Waals surface area contributed by atoms with E-state index in [0.29, 0.717) is 12.8 Å². The lowest BCUT2D eigenvalue weighted by molar-refractivity contribution is -0.143. The lowest BCUT2D eigenvalue weighted by Crippen LogP contribution is -2.51. The van der Waals surface area contributed by atoms with Gasteiger partial charge in [0.15, 0.2) is 0 Å². The van der Waals surface area contributed by atoms with Gasteiger partial charge in [-0.1, -0.05) is 60.7 Å². The molecule has 2 aromatic carbocycles. The maximum atomic E-state index is 11.5. The summed E-state index contributed by atoms with van der Waals surface area (Å²) in [5.74, 6) is -0.972. The second kappa shape index (κ2) is 7.22. The molecule has 0 aliphatic rings. The molecule has 0 atom stereocenters. The van der Waals surface area contributed by atoms with E-state index in [1.165, 1.54) is 0 Å². The Kier molecular flexibility index (Phi) is 5.92. The van der Waals surface area contributed by atoms with Crippen LogP contribution in [-0.2, 0) is 17.6 Å². The van der Waals surface area contributed by atoms with Gasteiger partial charge in [-0.05, 0) is 11.1 Å². The van der Waals surface area contributed by atoms with Gasteiger partial charge in [-0.25, -0.2) is 0 Å². The Morgan fingerprint density at radius 2 is 1.25 bits per heavy atom. The maximum absolute atomic E-state index is 11.5. The van der Waals surface area contributed by atoms with Crippen LogP contribution in [0.3, 0.4) is 0 Å². The predicted molar refractivity (Wildman–Crippen MR) is 85.2 cm³/mol. The van der Waals surface area contributed by atoms with Gasteiger partial charge in [-0.15, -0.1) is 17.0 Å². The zero-order valence-electron chi connectivity index (χ0n) is 11.0. The molecule has 0 unspecified atom stereocenters. The highest BCUT2D eigenvalue weighted by Crippen LogP contribution is 2.17. The average Bonchev–Trinajstić information content (AvgIpc) is 2.40. The molecule has 0 heterocycles. The van der Waals surface area contributed by atoms with Crippen molar-refractivity contribution in [3.05, 3.63) is 71.8 Å². The van der Waals surface area contributed by atoms with Crippen LogP contribution in [-0.4, -0.2) is 16.6 Å². The molecule has 0 spiro atoms. The molecule has 2 aromatic rings. The Morgan fingerprint density at radius 3 is 1.55 bits per heavy atom. The molecule has 20 heavy (non-hydrogen) atoms. The first kappa shape index (κ1) is 16.4. The highest BCUT2D eigenvalue weighted by atomic mass is 79.9. The average molecular weight is 336 g/mol. The van der Waals surface area contributed by atoms with Crippen LogP contribution in [0.25, 0.3) is 0 Å². The fourth-order valence-electron chi connectivity index (χ4n) is 2.13. The van der Waals surface area contributed by atoms with Gasteiger partial charge < -0.3 is 10.8 Å². The van der Waals surface area contributed by atoms with Crippen LogP contribution >= 0.6 is 17.0 Å². The Balaban J connectivity index is 0.00000200. The Hall–Kier alpha value is -1.65. The summed E-state index contributed by atoms with van der Waals surface area (Å²) in [4.78, 5) is 11.5. The molecule has 2 rings (SSSR count). The largest absolute Gasteiger partial charge is 0.480 e. The van der Waals surface area contributed by atoms with Crippen LogP contribution in [0, 0.1) is 0 Å². The van der Waals surface area contributed by atoms with E-state index < -0.39 is 11.5 Å². The molecule has 0 radical (unpaired) electrons. The minimum Gasteiger partial charge on any atom is -0.480 e. The summed E-state index contributed by atoms with van der Waals surface area (Å²) in [5.41, 5.74) is 6.70. The number of nitrogens with two attached hydrogens (primary N) is 1. The molecule has 0 saturated heterocycles. The lowest BCUT2D eigenvalue weighted by atomic mass is 9.86. The van der Waals surface area contributed by atoms with Crippen molar-refractivity contribution in [3.8, 4) is 0 Å². The van der Waals surface area contributed by atoms with Crippen LogP contribution in [0.2, 0.25) is 0 Å². The fourth-order valence-corrected chi connectivity index (χ4v) is 2.13. The smallest absolute Gasteiger partial charge is 0.324 e. The number of rotatable bonds is 5. The lowest BCUT2D eigenvalue weighted by Gasteiger charge is -2.25. The number of benzene rings is 2. The van der Waals surface area contributed by atoms with Crippen molar-refractivity contribution in [2.45, 2.75) is 18.4 Å². The van der Waals surface area contributed by atoms with E-state index in [1.54, 1.807) is 0 Å². The second-order valence-electron chi connectivity index (χ2n) is 4.79. The SMILES string of the molecule is Br.NC(Cc1ccccc1)(Cc1ccccc1)C(=O)O. The molecule has 3 N–H and O–H groups in total. The van der Waals surface area contributed by atoms with Crippen molar-refractivity contribution in [2.75, 3.05) is 0 Å². The molecule has 0 fully saturated rings. The van der Waals surface area contributed by atoms with E-state index in [2.05, 4.69) is 0 Å². The number of halogens is 1. The summed E-state index contributed by atoms with van der Waals surface area (Å²) in [6, 6.07) is 19.0. The van der Waals surface area contributed by atoms with Crippen molar-refractivity contribution in [2.24, 2.45) is 5.73 Å². The van der Waals surface area contributed by atoms with E-state index in [0.717, 1.165) is 11.1 Å². The standard InChI is InChI=1S/C16H17NO2.BrH/c17-16(15(18)19,11-13-7-3-1-4-8-13)12-14-9-5-2-6-10-14;/h1-10H,11-12,17H2,(H,18,19);1H. The third-order valence-electron chi connectivity index (χ3n) is 3.15. The van der Waals surface area contributed by atoms with Crippen molar-refractivity contribution in [1.82, 2.24) is 0 Å². The van der Waals surface area contributed by atoms with Gasteiger partial charge in [0.2, 0.25) is 0 Å². The number of hydrogen-bond acceptors (Lipinski definition) is 2. The van der Waals surface area contributed by atoms with Crippen LogP contribution in [0.1, 0.15) is 11.1 Å². The quantitative estimate of drug-likeness (QED) is 0.883. The summed E-state index contributed by atoms with van der Waals surface area (Å²) in [7, 11) is 0. The highest BCUT2D eigenvalue weighted by Gasteiger charge is 2.34. The Bertz CT molecular complexity index is 501. The molecule has 3 nitrogen and oxygen atoms in total. The molecule has 0 amide bonds. The first-order valence-corrected chi connectivity index (χ1v) is 6.20. The molecular weight excluding hydrogens is 318 g/mol. The van der Waals surface area contributed by atoms with Crippen molar-refractivity contribution in [1.29, 1.82) is 0 Å². The van der Waals surface area contributed by atoms with Gasteiger partial charge >= 0.3 is 5.97 Å². The second-order valence-corrected chi connectivity index (χ2v) is 4.79. The summed E-state index contributed by atoms with van der Waals surface area (Å²) >= 11 is 0. The van der Waals surface area contributed by atoms with Crippen LogP contribution in [0.15, 0.2) is 60.7 Å². The summed E-state index contributed by atoms with van der Waals surface area (Å²) < 4.78 is 0. The van der Waals surface area contributed by atoms with Gasteiger partial charge in [-0.3, -0.25) is 4.79 Å². The Labute approximate surface area is 129 Å². The zero-order chi connectivity index (χ0) is 13.7. The van der Waals surface area contributed by atoms with Gasteiger partial charge in [0.05, 0.1) is 0 Å². The van der Waals surface area contributed by atoms with E-state index in [-0.39, 0.29) is 17.0 Å². The van der Waals surface area contributed by atoms with E-state index in [4.69, 9.17) is 5.73 Å². The van der Waals surface area contributed by atoms with Gasteiger partial charge in [-0.2, -0.15) is 0 Å². The highest BCUT2D eigenvalue weighted by molar-refractivity contribution is 8.93. The maximum Gasteiger partial charge on any atom is 0.324 e. The number of hydrogen-bond donors (Lipinski definition) is 2. The molecule has 0 bridgehead atoms. The topological polar surface area (TPSA) is 63.3 Å². The minimum atomic E-state index is -1.28. The zero-order valence-corrected chi connectivity index (χ0v) is 12.7. The first-order valence-electron chi connectivity index (χ1n) is 6.20. The number of carboxylic acid groups (broad SMARTS) is 1. The molecule has 106 valence electrons. The van der Waals surface area contributed by atoms with Crippen LogP contribution < -0.4 is 5.73 Å². The fraction of sp³-hybridized carbons (Fsp3) is 0.188. The molecule has 0 aliphatic heterocycles. The third kappa shape index (κ3) is 4.18. The number of aliphatic carboxylic acids is 1. The third-order valence-corrected chi connectivity index (χ3v) is 3.15. The van der Waals surface area contributed by atoms with Gasteiger partial charge in [0, 0.05) is 12.8 Å². The van der Waals surface area contributed by atoms with Crippen molar-refractivity contribution in [3.63, 3.8) is 0 Å². The first-order chi connectivity index (χ1) is 9.10. The number of carboxylic acids is 1. The Morgan fingerprint density at radius 1 is 0.900 bits per heavy atom. The minimum absolute atomic E-state index is 0. The summed E-state index contributed by atoms with van der Waals surface area (Å²) in [6.07, 6.45) is 0.635. The van der Waals surface area contributed by atoms with Gasteiger partial charge in [0.1, 0.15) is 5.54 Å². The summed E-state index contributed by atoms with van der Waals surface area (Å²) in [6.45, 7) is 0. The van der Waals surface area contributed by atoms with Gasteiger partial charge in [0.25, 0.3) is 0 Å². The summed E-state index contributed by atoms with van der Waals surface area (Å²) in [5, 5.41) is 9.43.